The van der Waals surface area contributed by atoms with E-state index in [1.54, 1.807) is 14.2 Å². The van der Waals surface area contributed by atoms with Gasteiger partial charge in [-0.3, -0.25) is 0 Å². The Labute approximate surface area is 78.8 Å². The molecular formula is C9H18O4. The van der Waals surface area contributed by atoms with Crippen LogP contribution >= 0.6 is 0 Å². The predicted molar refractivity (Wildman–Crippen MR) is 47.4 cm³/mol. The summed E-state index contributed by atoms with van der Waals surface area (Å²) in [6.45, 7) is 3.68. The summed E-state index contributed by atoms with van der Waals surface area (Å²) in [7, 11) is 3.18. The molecule has 4 heteroatoms. The van der Waals surface area contributed by atoms with E-state index in [-0.39, 0.29) is 12.4 Å². The van der Waals surface area contributed by atoms with E-state index < -0.39 is 11.7 Å². The largest absolute Gasteiger partial charge is 0.387 e. The third-order valence-corrected chi connectivity index (χ3v) is 2.74. The fourth-order valence-electron chi connectivity index (χ4n) is 1.65. The highest BCUT2D eigenvalue weighted by molar-refractivity contribution is 4.92. The van der Waals surface area contributed by atoms with Gasteiger partial charge in [-0.15, -0.1) is 0 Å². The predicted octanol–water partition coefficient (Wildman–Crippen LogP) is 0.534. The van der Waals surface area contributed by atoms with Crippen LogP contribution in [0.15, 0.2) is 0 Å². The minimum atomic E-state index is -0.608. The molecule has 0 unspecified atom stereocenters. The van der Waals surface area contributed by atoms with Gasteiger partial charge in [0, 0.05) is 20.6 Å². The smallest absolute Gasteiger partial charge is 0.160 e. The van der Waals surface area contributed by atoms with Gasteiger partial charge in [0.05, 0.1) is 11.7 Å². The molecule has 0 radical (unpaired) electrons. The third kappa shape index (κ3) is 2.02. The Morgan fingerprint density at radius 3 is 2.54 bits per heavy atom. The van der Waals surface area contributed by atoms with Gasteiger partial charge in [0.2, 0.25) is 0 Å². The van der Waals surface area contributed by atoms with Crippen LogP contribution in [0.5, 0.6) is 0 Å². The van der Waals surface area contributed by atoms with Crippen LogP contribution in [-0.2, 0) is 14.2 Å². The summed E-state index contributed by atoms with van der Waals surface area (Å²) in [4.78, 5) is 0. The lowest BCUT2D eigenvalue weighted by atomic mass is 9.88. The molecule has 1 aliphatic heterocycles. The van der Waals surface area contributed by atoms with E-state index >= 15 is 0 Å². The molecular weight excluding hydrogens is 172 g/mol. The first-order chi connectivity index (χ1) is 6.03. The highest BCUT2D eigenvalue weighted by Crippen LogP contribution is 2.31. The Hall–Kier alpha value is -0.160. The SMILES string of the molecule is CO[C@H]1C[C@@](C)(OC)[C@@H](O)[C@H](C)O1. The minimum absolute atomic E-state index is 0.261. The summed E-state index contributed by atoms with van der Waals surface area (Å²) in [5, 5.41) is 9.80. The topological polar surface area (TPSA) is 47.9 Å². The first-order valence-corrected chi connectivity index (χ1v) is 4.45. The Bertz CT molecular complexity index is 173. The van der Waals surface area contributed by atoms with E-state index in [0.717, 1.165) is 0 Å². The molecule has 0 bridgehead atoms. The Kier molecular flexibility index (Phi) is 3.29. The van der Waals surface area contributed by atoms with Crippen LogP contribution in [-0.4, -0.2) is 43.4 Å². The maximum atomic E-state index is 9.80. The molecule has 78 valence electrons. The van der Waals surface area contributed by atoms with Gasteiger partial charge in [0.15, 0.2) is 6.29 Å². The normalized spacial score (nSPS) is 46.4. The summed E-state index contributed by atoms with van der Waals surface area (Å²) in [5.41, 5.74) is -0.571. The number of hydrogen-bond acceptors (Lipinski definition) is 4. The van der Waals surface area contributed by atoms with Gasteiger partial charge in [-0.1, -0.05) is 0 Å². The molecule has 4 atom stereocenters. The quantitative estimate of drug-likeness (QED) is 0.690. The fraction of sp³-hybridized carbons (Fsp3) is 1.00. The molecule has 4 nitrogen and oxygen atoms in total. The van der Waals surface area contributed by atoms with E-state index in [9.17, 15) is 5.11 Å². The van der Waals surface area contributed by atoms with E-state index in [2.05, 4.69) is 0 Å². The molecule has 0 aromatic rings. The van der Waals surface area contributed by atoms with Crippen molar-refractivity contribution in [2.45, 2.75) is 44.4 Å². The molecule has 1 heterocycles. The van der Waals surface area contributed by atoms with E-state index in [4.69, 9.17) is 14.2 Å². The van der Waals surface area contributed by atoms with Crippen LogP contribution < -0.4 is 0 Å². The number of ether oxygens (including phenoxy) is 3. The molecule has 0 aliphatic carbocycles. The number of methoxy groups -OCH3 is 2. The maximum Gasteiger partial charge on any atom is 0.160 e. The number of rotatable bonds is 2. The molecule has 1 fully saturated rings. The van der Waals surface area contributed by atoms with Gasteiger partial charge in [0.25, 0.3) is 0 Å². The van der Waals surface area contributed by atoms with Gasteiger partial charge in [0.1, 0.15) is 6.10 Å². The molecule has 0 spiro atoms. The van der Waals surface area contributed by atoms with Crippen molar-refractivity contribution < 1.29 is 19.3 Å². The lowest BCUT2D eigenvalue weighted by molar-refractivity contribution is -0.271. The summed E-state index contributed by atoms with van der Waals surface area (Å²) in [6, 6.07) is 0. The van der Waals surface area contributed by atoms with Crippen molar-refractivity contribution in [3.05, 3.63) is 0 Å². The number of aliphatic hydroxyl groups excluding tert-OH is 1. The Balaban J connectivity index is 2.71. The van der Waals surface area contributed by atoms with Gasteiger partial charge in [-0.2, -0.15) is 0 Å². The first kappa shape index (κ1) is 10.9. The molecule has 0 saturated carbocycles. The zero-order valence-electron chi connectivity index (χ0n) is 8.61. The lowest BCUT2D eigenvalue weighted by Crippen LogP contribution is -2.56. The molecule has 1 saturated heterocycles. The van der Waals surface area contributed by atoms with Gasteiger partial charge >= 0.3 is 0 Å². The molecule has 0 aromatic carbocycles. The molecule has 0 amide bonds. The standard InChI is InChI=1S/C9H18O4/c1-6-8(10)9(2,12-4)5-7(11-3)13-6/h6-8,10H,5H2,1-4H3/t6-,7+,8-,9+/m0/s1. The zero-order valence-corrected chi connectivity index (χ0v) is 8.61. The highest BCUT2D eigenvalue weighted by atomic mass is 16.7. The fourth-order valence-corrected chi connectivity index (χ4v) is 1.65. The first-order valence-electron chi connectivity index (χ1n) is 4.45. The summed E-state index contributed by atoms with van der Waals surface area (Å²) < 4.78 is 15.8. The second-order valence-electron chi connectivity index (χ2n) is 3.67. The molecule has 1 N–H and O–H groups in total. The van der Waals surface area contributed by atoms with Crippen LogP contribution in [0.25, 0.3) is 0 Å². The van der Waals surface area contributed by atoms with E-state index in [0.29, 0.717) is 6.42 Å². The average molecular weight is 190 g/mol. The van der Waals surface area contributed by atoms with Gasteiger partial charge < -0.3 is 19.3 Å². The number of aliphatic hydroxyl groups is 1. The van der Waals surface area contributed by atoms with Gasteiger partial charge in [-0.05, 0) is 13.8 Å². The highest BCUT2D eigenvalue weighted by Gasteiger charge is 2.44. The summed E-state index contributed by atoms with van der Waals surface area (Å²) >= 11 is 0. The minimum Gasteiger partial charge on any atom is -0.387 e. The van der Waals surface area contributed by atoms with Crippen molar-refractivity contribution in [2.75, 3.05) is 14.2 Å². The van der Waals surface area contributed by atoms with Crippen LogP contribution in [0.2, 0.25) is 0 Å². The van der Waals surface area contributed by atoms with Crippen LogP contribution in [0.3, 0.4) is 0 Å². The second-order valence-corrected chi connectivity index (χ2v) is 3.67. The molecule has 1 aliphatic rings. The Morgan fingerprint density at radius 2 is 2.08 bits per heavy atom. The number of hydrogen-bond donors (Lipinski definition) is 1. The Morgan fingerprint density at radius 1 is 1.46 bits per heavy atom. The van der Waals surface area contributed by atoms with Crippen molar-refractivity contribution in [1.82, 2.24) is 0 Å². The van der Waals surface area contributed by atoms with Crippen molar-refractivity contribution in [1.29, 1.82) is 0 Å². The van der Waals surface area contributed by atoms with E-state index in [1.165, 1.54) is 0 Å². The van der Waals surface area contributed by atoms with Crippen molar-refractivity contribution in [2.24, 2.45) is 0 Å². The van der Waals surface area contributed by atoms with E-state index in [1.807, 2.05) is 13.8 Å². The van der Waals surface area contributed by atoms with Crippen molar-refractivity contribution >= 4 is 0 Å². The monoisotopic (exact) mass is 190 g/mol. The maximum absolute atomic E-state index is 9.80. The summed E-state index contributed by atoms with van der Waals surface area (Å²) in [6.07, 6.45) is -0.609. The van der Waals surface area contributed by atoms with Crippen LogP contribution in [0.1, 0.15) is 20.3 Å². The summed E-state index contributed by atoms with van der Waals surface area (Å²) in [5.74, 6) is 0. The molecule has 1 rings (SSSR count). The van der Waals surface area contributed by atoms with Gasteiger partial charge in [-0.25, -0.2) is 0 Å². The second kappa shape index (κ2) is 3.92. The lowest BCUT2D eigenvalue weighted by Gasteiger charge is -2.43. The van der Waals surface area contributed by atoms with Crippen LogP contribution in [0, 0.1) is 0 Å². The molecule has 0 aromatic heterocycles. The third-order valence-electron chi connectivity index (χ3n) is 2.74. The van der Waals surface area contributed by atoms with Crippen molar-refractivity contribution in [3.8, 4) is 0 Å². The van der Waals surface area contributed by atoms with Crippen molar-refractivity contribution in [3.63, 3.8) is 0 Å². The average Bonchev–Trinajstić information content (AvgIpc) is 2.13. The zero-order chi connectivity index (χ0) is 10.1. The van der Waals surface area contributed by atoms with Crippen LogP contribution in [0.4, 0.5) is 0 Å². The molecule has 13 heavy (non-hydrogen) atoms.